The van der Waals surface area contributed by atoms with E-state index in [0.29, 0.717) is 12.2 Å². The molecular weight excluding hydrogens is 438 g/mol. The van der Waals surface area contributed by atoms with Crippen LogP contribution in [0.5, 0.6) is 11.5 Å². The lowest BCUT2D eigenvalue weighted by molar-refractivity contribution is 0.0834. The number of hydrogen-bond acceptors (Lipinski definition) is 10. The number of para-hydroxylation sites is 1. The van der Waals surface area contributed by atoms with Crippen molar-refractivity contribution in [1.82, 2.24) is 4.90 Å². The molecule has 0 aliphatic carbocycles. The normalized spacial score (nSPS) is 22.2. The second-order valence-corrected chi connectivity index (χ2v) is 7.92. The van der Waals surface area contributed by atoms with Crippen molar-refractivity contribution < 1.29 is 19.0 Å². The van der Waals surface area contributed by atoms with E-state index in [0.717, 1.165) is 16.9 Å². The third-order valence-corrected chi connectivity index (χ3v) is 5.73. The van der Waals surface area contributed by atoms with Crippen LogP contribution in [0.1, 0.15) is 11.1 Å². The van der Waals surface area contributed by atoms with Crippen LogP contribution in [0.25, 0.3) is 0 Å². The maximum atomic E-state index is 13.1. The zero-order chi connectivity index (χ0) is 24.0. The molecule has 0 fully saturated rings. The number of carbonyl (C=O) groups is 1. The van der Waals surface area contributed by atoms with Crippen molar-refractivity contribution in [2.75, 3.05) is 27.9 Å². The molecule has 2 aromatic carbocycles. The van der Waals surface area contributed by atoms with Gasteiger partial charge in [0.25, 0.3) is 0 Å². The first kappa shape index (κ1) is 23.0. The van der Waals surface area contributed by atoms with E-state index >= 15 is 0 Å². The number of amides is 1. The van der Waals surface area contributed by atoms with E-state index in [1.165, 1.54) is 18.2 Å². The molecule has 0 spiro atoms. The molecule has 0 saturated heterocycles. The van der Waals surface area contributed by atoms with Gasteiger partial charge in [0.1, 0.15) is 17.0 Å². The summed E-state index contributed by atoms with van der Waals surface area (Å²) in [6, 6.07) is 15.1. The van der Waals surface area contributed by atoms with Crippen LogP contribution in [0.15, 0.2) is 79.4 Å². The van der Waals surface area contributed by atoms with E-state index in [4.69, 9.17) is 14.2 Å². The highest BCUT2D eigenvalue weighted by Crippen LogP contribution is 2.33. The molecule has 0 saturated carbocycles. The predicted octanol–water partition coefficient (Wildman–Crippen LogP) is 3.90. The SMILES string of the molecule is COC(=O)N(CC1(Cc2ccc(OC)cc2)C=NN=N1)C1(Cc2ccccc2OC)C=NN=N1. The number of methoxy groups -OCH3 is 3. The van der Waals surface area contributed by atoms with Crippen molar-refractivity contribution in [2.24, 2.45) is 30.9 Å². The van der Waals surface area contributed by atoms with E-state index in [1.54, 1.807) is 20.4 Å². The van der Waals surface area contributed by atoms with Gasteiger partial charge >= 0.3 is 6.09 Å². The maximum Gasteiger partial charge on any atom is 0.411 e. The summed E-state index contributed by atoms with van der Waals surface area (Å²) in [5.74, 6) is 1.41. The first-order valence-corrected chi connectivity index (χ1v) is 10.6. The Morgan fingerprint density at radius 1 is 0.882 bits per heavy atom. The molecule has 0 N–H and O–H groups in total. The Balaban J connectivity index is 1.68. The molecule has 2 unspecified atom stereocenters. The van der Waals surface area contributed by atoms with Crippen molar-refractivity contribution in [2.45, 2.75) is 24.0 Å². The molecule has 176 valence electrons. The smallest absolute Gasteiger partial charge is 0.411 e. The van der Waals surface area contributed by atoms with Gasteiger partial charge in [0.2, 0.25) is 5.66 Å². The predicted molar refractivity (Wildman–Crippen MR) is 125 cm³/mol. The number of carbonyl (C=O) groups excluding carboxylic acids is 1. The highest BCUT2D eigenvalue weighted by Gasteiger charge is 2.47. The Kier molecular flexibility index (Phi) is 6.62. The van der Waals surface area contributed by atoms with Gasteiger partial charge in [-0.2, -0.15) is 5.11 Å². The first-order chi connectivity index (χ1) is 16.5. The van der Waals surface area contributed by atoms with Gasteiger partial charge in [0.05, 0.1) is 40.3 Å². The number of benzene rings is 2. The molecule has 0 bridgehead atoms. The lowest BCUT2D eigenvalue weighted by Gasteiger charge is -2.38. The van der Waals surface area contributed by atoms with Crippen molar-refractivity contribution >= 4 is 18.5 Å². The fourth-order valence-electron chi connectivity index (χ4n) is 4.00. The van der Waals surface area contributed by atoms with Crippen molar-refractivity contribution in [1.29, 1.82) is 0 Å². The lowest BCUT2D eigenvalue weighted by Crippen LogP contribution is -2.58. The Labute approximate surface area is 196 Å². The second-order valence-electron chi connectivity index (χ2n) is 7.92. The monoisotopic (exact) mass is 463 g/mol. The third kappa shape index (κ3) is 4.63. The molecule has 2 aliphatic heterocycles. The third-order valence-electron chi connectivity index (χ3n) is 5.73. The van der Waals surface area contributed by atoms with Crippen LogP contribution >= 0.6 is 0 Å². The number of ether oxygens (including phenoxy) is 3. The minimum atomic E-state index is -1.24. The topological polar surface area (TPSA) is 122 Å². The zero-order valence-electron chi connectivity index (χ0n) is 19.2. The summed E-state index contributed by atoms with van der Waals surface area (Å²) in [6.07, 6.45) is 3.27. The van der Waals surface area contributed by atoms with Gasteiger partial charge in [-0.05, 0) is 39.8 Å². The minimum absolute atomic E-state index is 0.0822. The summed E-state index contributed by atoms with van der Waals surface area (Å²) >= 11 is 0. The molecule has 2 heterocycles. The molecule has 2 atom stereocenters. The van der Waals surface area contributed by atoms with Gasteiger partial charge in [-0.3, -0.25) is 4.90 Å². The Morgan fingerprint density at radius 3 is 2.24 bits per heavy atom. The Bertz CT molecular complexity index is 1120. The standard InChI is InChI=1S/C23H25N7O4/c1-32-19-10-8-17(9-11-19)12-22(14-24-28-26-22)16-30(21(31)34-3)23(15-25-29-27-23)13-18-6-4-5-7-20(18)33-2/h4-11,14-15H,12-13,16H2,1-3H3. The fourth-order valence-corrected chi connectivity index (χ4v) is 4.00. The molecule has 2 aliphatic rings. The van der Waals surface area contributed by atoms with E-state index < -0.39 is 17.3 Å². The lowest BCUT2D eigenvalue weighted by atomic mass is 9.90. The molecule has 34 heavy (non-hydrogen) atoms. The first-order valence-electron chi connectivity index (χ1n) is 10.6. The summed E-state index contributed by atoms with van der Waals surface area (Å²) in [5, 5.41) is 24.4. The number of nitrogens with zero attached hydrogens (tertiary/aromatic N) is 7. The Hall–Kier alpha value is -4.15. The van der Waals surface area contributed by atoms with Gasteiger partial charge in [-0.15, -0.1) is 15.3 Å². The van der Waals surface area contributed by atoms with Gasteiger partial charge in [0.15, 0.2) is 0 Å². The minimum Gasteiger partial charge on any atom is -0.497 e. The maximum absolute atomic E-state index is 13.1. The van der Waals surface area contributed by atoms with Gasteiger partial charge in [0, 0.05) is 12.8 Å². The molecule has 11 heteroatoms. The van der Waals surface area contributed by atoms with Crippen LogP contribution < -0.4 is 9.47 Å². The summed E-state index contributed by atoms with van der Waals surface area (Å²) in [6.45, 7) is 0.0822. The molecule has 0 aromatic heterocycles. The van der Waals surface area contributed by atoms with E-state index in [9.17, 15) is 4.79 Å². The van der Waals surface area contributed by atoms with Crippen LogP contribution in [-0.2, 0) is 17.6 Å². The molecule has 2 aromatic rings. The fraction of sp³-hybridized carbons (Fsp3) is 0.348. The largest absolute Gasteiger partial charge is 0.497 e. The molecule has 4 rings (SSSR count). The highest BCUT2D eigenvalue weighted by molar-refractivity contribution is 5.82. The molecule has 11 nitrogen and oxygen atoms in total. The summed E-state index contributed by atoms with van der Waals surface area (Å²) in [4.78, 5) is 14.5. The second kappa shape index (κ2) is 9.77. The van der Waals surface area contributed by atoms with Crippen LogP contribution in [-0.4, -0.2) is 62.5 Å². The highest BCUT2D eigenvalue weighted by atomic mass is 16.5. The number of hydrogen-bond donors (Lipinski definition) is 0. The molecule has 0 radical (unpaired) electrons. The van der Waals surface area contributed by atoms with Crippen LogP contribution in [0.3, 0.4) is 0 Å². The van der Waals surface area contributed by atoms with Crippen molar-refractivity contribution in [3.63, 3.8) is 0 Å². The average molecular weight is 463 g/mol. The van der Waals surface area contributed by atoms with E-state index in [2.05, 4.69) is 30.9 Å². The average Bonchev–Trinajstić information content (AvgIpc) is 3.53. The zero-order valence-corrected chi connectivity index (χ0v) is 19.2. The van der Waals surface area contributed by atoms with E-state index in [1.807, 2.05) is 48.5 Å². The van der Waals surface area contributed by atoms with Gasteiger partial charge in [-0.25, -0.2) is 4.79 Å². The quantitative estimate of drug-likeness (QED) is 0.560. The van der Waals surface area contributed by atoms with E-state index in [-0.39, 0.29) is 13.0 Å². The molecule has 1 amide bonds. The Morgan fingerprint density at radius 2 is 1.62 bits per heavy atom. The summed E-state index contributed by atoms with van der Waals surface area (Å²) < 4.78 is 15.9. The summed E-state index contributed by atoms with van der Waals surface area (Å²) in [7, 11) is 4.52. The van der Waals surface area contributed by atoms with Gasteiger partial charge < -0.3 is 14.2 Å². The van der Waals surface area contributed by atoms with Crippen molar-refractivity contribution in [3.8, 4) is 11.5 Å². The van der Waals surface area contributed by atoms with Crippen LogP contribution in [0.2, 0.25) is 0 Å². The molecular formula is C23H25N7O4. The van der Waals surface area contributed by atoms with Gasteiger partial charge in [-0.1, -0.05) is 30.3 Å². The number of rotatable bonds is 9. The van der Waals surface area contributed by atoms with Crippen molar-refractivity contribution in [3.05, 3.63) is 59.7 Å². The van der Waals surface area contributed by atoms with Crippen LogP contribution in [0.4, 0.5) is 4.79 Å². The van der Waals surface area contributed by atoms with Crippen LogP contribution in [0, 0.1) is 0 Å². The summed E-state index contributed by atoms with van der Waals surface area (Å²) in [5.41, 5.74) is -0.362.